The molecule has 6 heteroatoms. The standard InChI is InChI=1S/C15H20N4O2/c1-5-16-13-6-9(2)17-8-12(13)14(20)19-11(4)15-18-7-10(3)21-15/h6-8,11H,5H2,1-4H3,(H,16,17)(H,19,20). The van der Waals surface area contributed by atoms with Crippen LogP contribution >= 0.6 is 0 Å². The first-order valence-electron chi connectivity index (χ1n) is 6.95. The van der Waals surface area contributed by atoms with Gasteiger partial charge in [0.2, 0.25) is 5.89 Å². The lowest BCUT2D eigenvalue weighted by Gasteiger charge is -2.14. The molecule has 0 fully saturated rings. The first-order valence-corrected chi connectivity index (χ1v) is 6.95. The van der Waals surface area contributed by atoms with Gasteiger partial charge in [0, 0.05) is 18.4 Å². The Bertz CT molecular complexity index is 636. The predicted octanol–water partition coefficient (Wildman–Crippen LogP) is 2.61. The van der Waals surface area contributed by atoms with Crippen molar-refractivity contribution in [2.45, 2.75) is 33.7 Å². The maximum Gasteiger partial charge on any atom is 0.255 e. The van der Waals surface area contributed by atoms with E-state index in [2.05, 4.69) is 20.6 Å². The highest BCUT2D eigenvalue weighted by Crippen LogP contribution is 2.18. The molecule has 0 saturated carbocycles. The molecule has 0 bridgehead atoms. The van der Waals surface area contributed by atoms with Crippen LogP contribution in [0.4, 0.5) is 5.69 Å². The Labute approximate surface area is 124 Å². The van der Waals surface area contributed by atoms with Crippen molar-refractivity contribution in [2.24, 2.45) is 0 Å². The lowest BCUT2D eigenvalue weighted by molar-refractivity contribution is 0.0934. The fourth-order valence-electron chi connectivity index (χ4n) is 1.99. The van der Waals surface area contributed by atoms with Gasteiger partial charge in [-0.15, -0.1) is 0 Å². The third-order valence-corrected chi connectivity index (χ3v) is 3.01. The first-order chi connectivity index (χ1) is 10.0. The summed E-state index contributed by atoms with van der Waals surface area (Å²) >= 11 is 0. The Kier molecular flexibility index (Phi) is 4.57. The first kappa shape index (κ1) is 15.0. The molecule has 0 aromatic carbocycles. The molecule has 0 spiro atoms. The lowest BCUT2D eigenvalue weighted by atomic mass is 10.2. The number of nitrogens with zero attached hydrogens (tertiary/aromatic N) is 2. The van der Waals surface area contributed by atoms with Gasteiger partial charge in [-0.05, 0) is 33.8 Å². The molecule has 0 radical (unpaired) electrons. The summed E-state index contributed by atoms with van der Waals surface area (Å²) in [6.45, 7) is 8.25. The monoisotopic (exact) mass is 288 g/mol. The van der Waals surface area contributed by atoms with Gasteiger partial charge in [0.1, 0.15) is 11.8 Å². The molecule has 2 heterocycles. The van der Waals surface area contributed by atoms with Crippen LogP contribution in [-0.4, -0.2) is 22.4 Å². The Balaban J connectivity index is 2.16. The van der Waals surface area contributed by atoms with Crippen LogP contribution in [-0.2, 0) is 0 Å². The second-order valence-corrected chi connectivity index (χ2v) is 4.91. The number of oxazole rings is 1. The Hall–Kier alpha value is -2.37. The number of pyridine rings is 1. The van der Waals surface area contributed by atoms with Gasteiger partial charge in [-0.3, -0.25) is 9.78 Å². The maximum absolute atomic E-state index is 12.4. The molecule has 2 N–H and O–H groups in total. The van der Waals surface area contributed by atoms with E-state index in [1.54, 1.807) is 12.4 Å². The summed E-state index contributed by atoms with van der Waals surface area (Å²) < 4.78 is 5.42. The summed E-state index contributed by atoms with van der Waals surface area (Å²) in [5.74, 6) is 1.00. The van der Waals surface area contributed by atoms with Crippen molar-refractivity contribution >= 4 is 11.6 Å². The second kappa shape index (κ2) is 6.39. The number of aryl methyl sites for hydroxylation is 2. The zero-order valence-electron chi connectivity index (χ0n) is 12.7. The maximum atomic E-state index is 12.4. The predicted molar refractivity (Wildman–Crippen MR) is 80.3 cm³/mol. The normalized spacial score (nSPS) is 12.0. The fourth-order valence-corrected chi connectivity index (χ4v) is 1.99. The van der Waals surface area contributed by atoms with Gasteiger partial charge in [0.15, 0.2) is 0 Å². The van der Waals surface area contributed by atoms with Crippen molar-refractivity contribution in [1.29, 1.82) is 0 Å². The van der Waals surface area contributed by atoms with E-state index in [0.29, 0.717) is 11.5 Å². The highest BCUT2D eigenvalue weighted by atomic mass is 16.4. The van der Waals surface area contributed by atoms with Crippen molar-refractivity contribution in [2.75, 3.05) is 11.9 Å². The molecule has 0 aliphatic rings. The minimum absolute atomic E-state index is 0.207. The van der Waals surface area contributed by atoms with E-state index >= 15 is 0 Å². The molecule has 2 aromatic rings. The average molecular weight is 288 g/mol. The van der Waals surface area contributed by atoms with Crippen molar-refractivity contribution in [1.82, 2.24) is 15.3 Å². The second-order valence-electron chi connectivity index (χ2n) is 4.91. The summed E-state index contributed by atoms with van der Waals surface area (Å²) in [5.41, 5.74) is 2.15. The van der Waals surface area contributed by atoms with Crippen molar-refractivity contribution in [3.8, 4) is 0 Å². The third-order valence-electron chi connectivity index (χ3n) is 3.01. The van der Waals surface area contributed by atoms with E-state index in [0.717, 1.165) is 23.7 Å². The molecule has 1 amide bonds. The number of hydrogen-bond acceptors (Lipinski definition) is 5. The number of amides is 1. The summed E-state index contributed by atoms with van der Waals surface area (Å²) in [6, 6.07) is 1.56. The van der Waals surface area contributed by atoms with Gasteiger partial charge in [-0.2, -0.15) is 0 Å². The number of aromatic nitrogens is 2. The van der Waals surface area contributed by atoms with Gasteiger partial charge < -0.3 is 15.1 Å². The van der Waals surface area contributed by atoms with E-state index in [1.165, 1.54) is 0 Å². The van der Waals surface area contributed by atoms with E-state index in [-0.39, 0.29) is 11.9 Å². The van der Waals surface area contributed by atoms with Gasteiger partial charge in [-0.1, -0.05) is 0 Å². The minimum Gasteiger partial charge on any atom is -0.444 e. The van der Waals surface area contributed by atoms with E-state index in [4.69, 9.17) is 4.42 Å². The van der Waals surface area contributed by atoms with Crippen LogP contribution < -0.4 is 10.6 Å². The fraction of sp³-hybridized carbons (Fsp3) is 0.400. The number of rotatable bonds is 5. The molecule has 112 valence electrons. The summed E-state index contributed by atoms with van der Waals surface area (Å²) in [4.78, 5) is 20.7. The molecule has 0 aliphatic heterocycles. The van der Waals surface area contributed by atoms with E-state index in [9.17, 15) is 4.79 Å². The molecular weight excluding hydrogens is 268 g/mol. The average Bonchev–Trinajstić information content (AvgIpc) is 2.86. The molecule has 0 saturated heterocycles. The number of hydrogen-bond donors (Lipinski definition) is 2. The quantitative estimate of drug-likeness (QED) is 0.884. The molecule has 1 unspecified atom stereocenters. The summed E-state index contributed by atoms with van der Waals surface area (Å²) in [6.07, 6.45) is 3.21. The molecule has 21 heavy (non-hydrogen) atoms. The Morgan fingerprint density at radius 2 is 2.10 bits per heavy atom. The SMILES string of the molecule is CCNc1cc(C)ncc1C(=O)NC(C)c1ncc(C)o1. The minimum atomic E-state index is -0.304. The van der Waals surface area contributed by atoms with E-state index < -0.39 is 0 Å². The van der Waals surface area contributed by atoms with Crippen molar-refractivity contribution in [3.63, 3.8) is 0 Å². The Morgan fingerprint density at radius 3 is 2.71 bits per heavy atom. The van der Waals surface area contributed by atoms with Crippen LogP contribution in [0.5, 0.6) is 0 Å². The van der Waals surface area contributed by atoms with Crippen LogP contribution in [0.2, 0.25) is 0 Å². The molecule has 6 nitrogen and oxygen atoms in total. The van der Waals surface area contributed by atoms with Gasteiger partial charge >= 0.3 is 0 Å². The lowest BCUT2D eigenvalue weighted by Crippen LogP contribution is -2.28. The van der Waals surface area contributed by atoms with Gasteiger partial charge in [-0.25, -0.2) is 4.98 Å². The summed E-state index contributed by atoms with van der Waals surface area (Å²) in [7, 11) is 0. The number of carbonyl (C=O) groups is 1. The van der Waals surface area contributed by atoms with Crippen molar-refractivity contribution in [3.05, 3.63) is 41.4 Å². The van der Waals surface area contributed by atoms with Crippen LogP contribution in [0.1, 0.15) is 47.6 Å². The van der Waals surface area contributed by atoms with Crippen LogP contribution in [0.15, 0.2) is 22.9 Å². The zero-order chi connectivity index (χ0) is 15.4. The largest absolute Gasteiger partial charge is 0.444 e. The number of carbonyl (C=O) groups excluding carboxylic acids is 1. The number of anilines is 1. The van der Waals surface area contributed by atoms with Crippen molar-refractivity contribution < 1.29 is 9.21 Å². The third kappa shape index (κ3) is 3.59. The smallest absolute Gasteiger partial charge is 0.255 e. The summed E-state index contributed by atoms with van der Waals surface area (Å²) in [5, 5.41) is 6.04. The van der Waals surface area contributed by atoms with Gasteiger partial charge in [0.25, 0.3) is 5.91 Å². The molecule has 2 aromatic heterocycles. The Morgan fingerprint density at radius 1 is 1.33 bits per heavy atom. The van der Waals surface area contributed by atoms with Crippen LogP contribution in [0, 0.1) is 13.8 Å². The molecular formula is C15H20N4O2. The molecule has 2 rings (SSSR count). The molecule has 0 aliphatic carbocycles. The highest BCUT2D eigenvalue weighted by Gasteiger charge is 2.18. The highest BCUT2D eigenvalue weighted by molar-refractivity contribution is 5.99. The zero-order valence-corrected chi connectivity index (χ0v) is 12.7. The number of nitrogens with one attached hydrogen (secondary N) is 2. The van der Waals surface area contributed by atoms with Gasteiger partial charge in [0.05, 0.1) is 17.4 Å². The molecule has 1 atom stereocenters. The topological polar surface area (TPSA) is 80.0 Å². The van der Waals surface area contributed by atoms with Crippen LogP contribution in [0.25, 0.3) is 0 Å². The van der Waals surface area contributed by atoms with E-state index in [1.807, 2.05) is 33.8 Å². The van der Waals surface area contributed by atoms with Crippen LogP contribution in [0.3, 0.4) is 0 Å².